The lowest BCUT2D eigenvalue weighted by molar-refractivity contribution is 1.09. The highest BCUT2D eigenvalue weighted by molar-refractivity contribution is 6.31. The Balaban J connectivity index is 1.63. The zero-order chi connectivity index (χ0) is 16.7. The van der Waals surface area contributed by atoms with Gasteiger partial charge in [-0.15, -0.1) is 0 Å². The van der Waals surface area contributed by atoms with Crippen molar-refractivity contribution in [2.75, 3.05) is 5.32 Å². The number of hydrogen-bond donors (Lipinski definition) is 3. The molecule has 0 saturated heterocycles. The van der Waals surface area contributed by atoms with E-state index in [-0.39, 0.29) is 5.56 Å². The molecular formula is C19H16ClN3O. The van der Waals surface area contributed by atoms with Gasteiger partial charge in [0.2, 0.25) is 0 Å². The van der Waals surface area contributed by atoms with Gasteiger partial charge in [0, 0.05) is 50.8 Å². The molecule has 3 N–H and O–H groups in total. The van der Waals surface area contributed by atoms with Gasteiger partial charge in [-0.25, -0.2) is 0 Å². The molecule has 0 atom stereocenters. The lowest BCUT2D eigenvalue weighted by Crippen LogP contribution is -2.15. The molecule has 0 aliphatic rings. The van der Waals surface area contributed by atoms with Gasteiger partial charge in [-0.05, 0) is 48.9 Å². The molecule has 0 spiro atoms. The maximum absolute atomic E-state index is 12.2. The number of halogens is 1. The van der Waals surface area contributed by atoms with E-state index in [0.29, 0.717) is 17.1 Å². The number of rotatable bonds is 3. The third kappa shape index (κ3) is 2.65. The number of aromatic amines is 2. The maximum Gasteiger partial charge on any atom is 0.253 e. The van der Waals surface area contributed by atoms with Crippen LogP contribution in [0.1, 0.15) is 11.1 Å². The van der Waals surface area contributed by atoms with Crippen molar-refractivity contribution in [1.82, 2.24) is 9.97 Å². The Morgan fingerprint density at radius 2 is 1.96 bits per heavy atom. The summed E-state index contributed by atoms with van der Waals surface area (Å²) in [5.74, 6) is 0. The number of benzene rings is 2. The van der Waals surface area contributed by atoms with Crippen molar-refractivity contribution in [1.29, 1.82) is 0 Å². The number of aromatic nitrogens is 2. The summed E-state index contributed by atoms with van der Waals surface area (Å²) in [6.07, 6.45) is 1.99. The maximum atomic E-state index is 12.2. The molecule has 4 rings (SSSR count). The number of anilines is 1. The fourth-order valence-corrected chi connectivity index (χ4v) is 3.11. The smallest absolute Gasteiger partial charge is 0.253 e. The lowest BCUT2D eigenvalue weighted by Gasteiger charge is -2.08. The monoisotopic (exact) mass is 337 g/mol. The highest BCUT2D eigenvalue weighted by atomic mass is 35.5. The van der Waals surface area contributed by atoms with Crippen LogP contribution >= 0.6 is 11.6 Å². The normalized spacial score (nSPS) is 11.2. The van der Waals surface area contributed by atoms with Crippen LogP contribution in [0, 0.1) is 6.92 Å². The summed E-state index contributed by atoms with van der Waals surface area (Å²) in [6, 6.07) is 13.5. The SMILES string of the molecule is Cc1c[nH]c2cc(NCc3cc4cc(Cl)ccc4[nH]c3=O)ccc12. The standard InChI is InChI=1S/C19H16ClN3O/c1-11-9-22-18-8-15(3-4-16(11)18)21-10-13-6-12-7-14(20)2-5-17(12)23-19(13)24/h2-9,21-22H,10H2,1H3,(H,23,24). The summed E-state index contributed by atoms with van der Waals surface area (Å²) in [6.45, 7) is 2.52. The third-order valence-electron chi connectivity index (χ3n) is 4.25. The minimum Gasteiger partial charge on any atom is -0.381 e. The van der Waals surface area contributed by atoms with Gasteiger partial charge < -0.3 is 15.3 Å². The van der Waals surface area contributed by atoms with E-state index in [2.05, 4.69) is 34.3 Å². The topological polar surface area (TPSA) is 60.7 Å². The van der Waals surface area contributed by atoms with E-state index in [1.807, 2.05) is 30.5 Å². The molecule has 0 radical (unpaired) electrons. The van der Waals surface area contributed by atoms with Crippen LogP contribution in [0.2, 0.25) is 5.02 Å². The van der Waals surface area contributed by atoms with Crippen molar-refractivity contribution in [3.63, 3.8) is 0 Å². The molecule has 120 valence electrons. The zero-order valence-electron chi connectivity index (χ0n) is 13.1. The van der Waals surface area contributed by atoms with Crippen LogP contribution in [0.5, 0.6) is 0 Å². The van der Waals surface area contributed by atoms with Crippen LogP contribution < -0.4 is 10.9 Å². The number of fused-ring (bicyclic) bond motifs is 2. The van der Waals surface area contributed by atoms with Crippen LogP contribution in [-0.2, 0) is 6.54 Å². The van der Waals surface area contributed by atoms with Crippen molar-refractivity contribution in [2.24, 2.45) is 0 Å². The average Bonchev–Trinajstić information content (AvgIpc) is 2.94. The van der Waals surface area contributed by atoms with E-state index in [1.165, 1.54) is 10.9 Å². The first-order valence-corrected chi connectivity index (χ1v) is 8.11. The molecule has 0 fully saturated rings. The largest absolute Gasteiger partial charge is 0.381 e. The molecule has 0 saturated carbocycles. The minimum atomic E-state index is -0.0888. The number of hydrogen-bond acceptors (Lipinski definition) is 2. The average molecular weight is 338 g/mol. The third-order valence-corrected chi connectivity index (χ3v) is 4.49. The molecular weight excluding hydrogens is 322 g/mol. The summed E-state index contributed by atoms with van der Waals surface area (Å²) in [7, 11) is 0. The predicted molar refractivity (Wildman–Crippen MR) is 99.9 cm³/mol. The second kappa shape index (κ2) is 5.73. The molecule has 0 aliphatic carbocycles. The molecule has 2 heterocycles. The van der Waals surface area contributed by atoms with Gasteiger partial charge in [-0.1, -0.05) is 17.7 Å². The van der Waals surface area contributed by atoms with Crippen LogP contribution in [0.15, 0.2) is 53.5 Å². The van der Waals surface area contributed by atoms with E-state index in [9.17, 15) is 4.79 Å². The van der Waals surface area contributed by atoms with E-state index in [4.69, 9.17) is 11.6 Å². The summed E-state index contributed by atoms with van der Waals surface area (Å²) in [5, 5.41) is 6.10. The van der Waals surface area contributed by atoms with Crippen LogP contribution in [-0.4, -0.2) is 9.97 Å². The summed E-state index contributed by atoms with van der Waals surface area (Å²) in [4.78, 5) is 18.4. The van der Waals surface area contributed by atoms with Crippen molar-refractivity contribution in [3.05, 3.63) is 75.2 Å². The number of nitrogens with one attached hydrogen (secondary N) is 3. The van der Waals surface area contributed by atoms with Crippen molar-refractivity contribution < 1.29 is 0 Å². The first-order chi connectivity index (χ1) is 11.6. The molecule has 24 heavy (non-hydrogen) atoms. The molecule has 2 aromatic carbocycles. The van der Waals surface area contributed by atoms with Gasteiger partial charge in [0.1, 0.15) is 0 Å². The summed E-state index contributed by atoms with van der Waals surface area (Å²) in [5.41, 5.74) is 4.64. The fraction of sp³-hybridized carbons (Fsp3) is 0.105. The van der Waals surface area contributed by atoms with Crippen molar-refractivity contribution >= 4 is 39.1 Å². The minimum absolute atomic E-state index is 0.0888. The quantitative estimate of drug-likeness (QED) is 0.512. The van der Waals surface area contributed by atoms with Crippen molar-refractivity contribution in [2.45, 2.75) is 13.5 Å². The summed E-state index contributed by atoms with van der Waals surface area (Å²) < 4.78 is 0. The van der Waals surface area contributed by atoms with Crippen molar-refractivity contribution in [3.8, 4) is 0 Å². The van der Waals surface area contributed by atoms with E-state index >= 15 is 0 Å². The number of pyridine rings is 1. The molecule has 5 heteroatoms. The Labute approximate surface area is 143 Å². The van der Waals surface area contributed by atoms with Gasteiger partial charge in [0.15, 0.2) is 0 Å². The zero-order valence-corrected chi connectivity index (χ0v) is 13.9. The summed E-state index contributed by atoms with van der Waals surface area (Å²) >= 11 is 6.03. The Kier molecular flexibility index (Phi) is 3.54. The van der Waals surface area contributed by atoms with Gasteiger partial charge in [0.05, 0.1) is 0 Å². The number of H-pyrrole nitrogens is 2. The first kappa shape index (κ1) is 14.8. The van der Waals surface area contributed by atoms with Gasteiger partial charge >= 0.3 is 0 Å². The van der Waals surface area contributed by atoms with Crippen LogP contribution in [0.4, 0.5) is 5.69 Å². The molecule has 0 aliphatic heterocycles. The van der Waals surface area contributed by atoms with E-state index in [0.717, 1.165) is 22.1 Å². The van der Waals surface area contributed by atoms with Gasteiger partial charge in [-0.2, -0.15) is 0 Å². The fourth-order valence-electron chi connectivity index (χ4n) is 2.93. The molecule has 4 aromatic rings. The molecule has 0 amide bonds. The Morgan fingerprint density at radius 3 is 2.83 bits per heavy atom. The second-order valence-corrected chi connectivity index (χ2v) is 6.38. The molecule has 4 nitrogen and oxygen atoms in total. The number of aryl methyl sites for hydroxylation is 1. The van der Waals surface area contributed by atoms with Crippen LogP contribution in [0.3, 0.4) is 0 Å². The Hall–Kier alpha value is -2.72. The van der Waals surface area contributed by atoms with Crippen LogP contribution in [0.25, 0.3) is 21.8 Å². The van der Waals surface area contributed by atoms with E-state index < -0.39 is 0 Å². The molecule has 2 aromatic heterocycles. The Morgan fingerprint density at radius 1 is 1.08 bits per heavy atom. The lowest BCUT2D eigenvalue weighted by atomic mass is 10.1. The second-order valence-electron chi connectivity index (χ2n) is 5.94. The highest BCUT2D eigenvalue weighted by Crippen LogP contribution is 2.22. The predicted octanol–water partition coefficient (Wildman–Crippen LogP) is 4.58. The molecule has 0 unspecified atom stereocenters. The van der Waals surface area contributed by atoms with E-state index in [1.54, 1.807) is 6.07 Å². The Bertz CT molecular complexity index is 1110. The molecule has 0 bridgehead atoms. The van der Waals surface area contributed by atoms with Gasteiger partial charge in [-0.3, -0.25) is 4.79 Å². The highest BCUT2D eigenvalue weighted by Gasteiger charge is 2.05. The van der Waals surface area contributed by atoms with Gasteiger partial charge in [0.25, 0.3) is 5.56 Å². The first-order valence-electron chi connectivity index (χ1n) is 7.73.